The average Bonchev–Trinajstić information content (AvgIpc) is 2.75. The van der Waals surface area contributed by atoms with E-state index in [1.54, 1.807) is 0 Å². The summed E-state index contributed by atoms with van der Waals surface area (Å²) in [5, 5.41) is 19.1. The van der Waals surface area contributed by atoms with Gasteiger partial charge in [-0.2, -0.15) is 0 Å². The fraction of sp³-hybridized carbons (Fsp3) is 0.862. The molecule has 35 heavy (non-hydrogen) atoms. The minimum atomic E-state index is -0.935. The number of aliphatic hydroxyl groups is 1. The first-order valence-corrected chi connectivity index (χ1v) is 14.2. The molecule has 2 atom stereocenters. The number of carbonyl (C=O) groups is 2. The molecule has 206 valence electrons. The highest BCUT2D eigenvalue weighted by atomic mass is 16.5. The summed E-state index contributed by atoms with van der Waals surface area (Å²) in [6.07, 6.45) is 21.9. The summed E-state index contributed by atoms with van der Waals surface area (Å²) in [5.41, 5.74) is 0. The van der Waals surface area contributed by atoms with E-state index in [0.29, 0.717) is 17.4 Å². The van der Waals surface area contributed by atoms with Crippen molar-refractivity contribution in [1.82, 2.24) is 0 Å². The third-order valence-electron chi connectivity index (χ3n) is 6.17. The number of quaternary nitrogens is 1. The van der Waals surface area contributed by atoms with Crippen molar-refractivity contribution in [2.24, 2.45) is 0 Å². The first-order chi connectivity index (χ1) is 16.6. The molecule has 2 N–H and O–H groups in total. The molecule has 0 fully saturated rings. The summed E-state index contributed by atoms with van der Waals surface area (Å²) in [4.78, 5) is 23.1. The Labute approximate surface area is 215 Å². The summed E-state index contributed by atoms with van der Waals surface area (Å²) in [5.74, 6) is -1.22. The van der Waals surface area contributed by atoms with Crippen LogP contribution in [0.3, 0.4) is 0 Å². The van der Waals surface area contributed by atoms with E-state index in [4.69, 9.17) is 9.84 Å². The minimum absolute atomic E-state index is 0.140. The standard InChI is InChI=1S/C29H55NO5/c1-5-6-7-8-15-18-21-26(31)22-19-16-13-11-9-10-12-14-17-20-23-29(34)35-27(24-28(32)33)25-30(2,3)4/h15,18,26-27,31H,5-14,16-17,19-25H2,1-4H3/p+1/b18-15+. The van der Waals surface area contributed by atoms with Gasteiger partial charge in [-0.3, -0.25) is 9.59 Å². The van der Waals surface area contributed by atoms with Crippen LogP contribution in [-0.2, 0) is 14.3 Å². The number of ether oxygens (including phenoxy) is 1. The number of unbranched alkanes of at least 4 members (excludes halogenated alkanes) is 12. The summed E-state index contributed by atoms with van der Waals surface area (Å²) >= 11 is 0. The molecule has 0 saturated heterocycles. The Balaban J connectivity index is 3.58. The molecule has 0 saturated carbocycles. The minimum Gasteiger partial charge on any atom is -0.481 e. The SMILES string of the molecule is CCCCC/C=C/CC(O)CCCCCCCCCCCCC(=O)OC(CC(=O)O)C[N+](C)(C)C. The zero-order chi connectivity index (χ0) is 26.4. The largest absolute Gasteiger partial charge is 0.481 e. The highest BCUT2D eigenvalue weighted by molar-refractivity contribution is 5.71. The second-order valence-corrected chi connectivity index (χ2v) is 11.1. The van der Waals surface area contributed by atoms with Crippen LogP contribution < -0.4 is 0 Å². The number of nitrogens with zero attached hydrogens (tertiary/aromatic N) is 1. The molecule has 6 heteroatoms. The lowest BCUT2D eigenvalue weighted by molar-refractivity contribution is -0.873. The van der Waals surface area contributed by atoms with Crippen LogP contribution in [0.25, 0.3) is 0 Å². The van der Waals surface area contributed by atoms with Crippen molar-refractivity contribution in [3.05, 3.63) is 12.2 Å². The smallest absolute Gasteiger partial charge is 0.307 e. The molecular weight excluding hydrogens is 442 g/mol. The van der Waals surface area contributed by atoms with Crippen molar-refractivity contribution >= 4 is 11.9 Å². The number of carbonyl (C=O) groups excluding carboxylic acids is 1. The van der Waals surface area contributed by atoms with Crippen LogP contribution in [0.5, 0.6) is 0 Å². The predicted molar refractivity (Wildman–Crippen MR) is 144 cm³/mol. The maximum absolute atomic E-state index is 12.1. The van der Waals surface area contributed by atoms with Crippen molar-refractivity contribution in [3.8, 4) is 0 Å². The number of carboxylic acid groups (broad SMARTS) is 1. The second kappa shape index (κ2) is 21.8. The average molecular weight is 499 g/mol. The molecular formula is C29H56NO5+. The Bertz CT molecular complexity index is 556. The van der Waals surface area contributed by atoms with E-state index in [2.05, 4.69) is 19.1 Å². The molecule has 0 radical (unpaired) electrons. The van der Waals surface area contributed by atoms with Crippen molar-refractivity contribution in [2.75, 3.05) is 27.7 Å². The van der Waals surface area contributed by atoms with Gasteiger partial charge in [-0.05, 0) is 32.1 Å². The van der Waals surface area contributed by atoms with E-state index in [-0.39, 0.29) is 18.5 Å². The molecule has 6 nitrogen and oxygen atoms in total. The van der Waals surface area contributed by atoms with Crippen molar-refractivity contribution in [2.45, 2.75) is 135 Å². The lowest BCUT2D eigenvalue weighted by Crippen LogP contribution is -2.43. The molecule has 0 heterocycles. The fourth-order valence-electron chi connectivity index (χ4n) is 4.26. The van der Waals surface area contributed by atoms with Gasteiger partial charge in [0.2, 0.25) is 0 Å². The van der Waals surface area contributed by atoms with Crippen molar-refractivity contribution in [1.29, 1.82) is 0 Å². The van der Waals surface area contributed by atoms with Crippen LogP contribution in [0.4, 0.5) is 0 Å². The molecule has 0 aromatic heterocycles. The molecule has 0 rings (SSSR count). The van der Waals surface area contributed by atoms with Gasteiger partial charge in [0.15, 0.2) is 6.10 Å². The quantitative estimate of drug-likeness (QED) is 0.0674. The zero-order valence-electron chi connectivity index (χ0n) is 23.3. The molecule has 0 amide bonds. The molecule has 2 unspecified atom stereocenters. The van der Waals surface area contributed by atoms with Crippen LogP contribution in [0.2, 0.25) is 0 Å². The number of esters is 1. The van der Waals surface area contributed by atoms with Gasteiger partial charge in [0, 0.05) is 6.42 Å². The van der Waals surface area contributed by atoms with Gasteiger partial charge in [-0.25, -0.2) is 0 Å². The summed E-state index contributed by atoms with van der Waals surface area (Å²) in [6, 6.07) is 0. The van der Waals surface area contributed by atoms with E-state index >= 15 is 0 Å². The summed E-state index contributed by atoms with van der Waals surface area (Å²) < 4.78 is 5.99. The van der Waals surface area contributed by atoms with Gasteiger partial charge >= 0.3 is 11.9 Å². The lowest BCUT2D eigenvalue weighted by atomic mass is 10.0. The summed E-state index contributed by atoms with van der Waals surface area (Å²) in [6.45, 7) is 2.71. The summed E-state index contributed by atoms with van der Waals surface area (Å²) in [7, 11) is 5.88. The Morgan fingerprint density at radius 2 is 1.40 bits per heavy atom. The van der Waals surface area contributed by atoms with E-state index in [9.17, 15) is 14.7 Å². The third-order valence-corrected chi connectivity index (χ3v) is 6.17. The molecule has 0 aliphatic carbocycles. The number of hydrogen-bond acceptors (Lipinski definition) is 4. The van der Waals surface area contributed by atoms with E-state index in [0.717, 1.165) is 44.9 Å². The van der Waals surface area contributed by atoms with Gasteiger partial charge < -0.3 is 19.4 Å². The molecule has 0 aliphatic rings. The van der Waals surface area contributed by atoms with Crippen LogP contribution >= 0.6 is 0 Å². The monoisotopic (exact) mass is 498 g/mol. The number of aliphatic carboxylic acids is 1. The van der Waals surface area contributed by atoms with Crippen LogP contribution in [0, 0.1) is 0 Å². The van der Waals surface area contributed by atoms with Crippen molar-refractivity contribution < 1.29 is 29.0 Å². The van der Waals surface area contributed by atoms with Crippen molar-refractivity contribution in [3.63, 3.8) is 0 Å². The topological polar surface area (TPSA) is 83.8 Å². The number of aliphatic hydroxyl groups excluding tert-OH is 1. The predicted octanol–water partition coefficient (Wildman–Crippen LogP) is 6.65. The van der Waals surface area contributed by atoms with Crippen LogP contribution in [-0.4, -0.2) is 66.5 Å². The van der Waals surface area contributed by atoms with Crippen LogP contribution in [0.1, 0.15) is 122 Å². The normalized spacial score (nSPS) is 13.7. The second-order valence-electron chi connectivity index (χ2n) is 11.1. The Kier molecular flexibility index (Phi) is 21.0. The molecule has 0 spiro atoms. The zero-order valence-corrected chi connectivity index (χ0v) is 23.3. The lowest BCUT2D eigenvalue weighted by Gasteiger charge is -2.28. The maximum Gasteiger partial charge on any atom is 0.307 e. The number of hydrogen-bond donors (Lipinski definition) is 2. The highest BCUT2D eigenvalue weighted by Gasteiger charge is 2.24. The van der Waals surface area contributed by atoms with E-state index in [1.807, 2.05) is 21.1 Å². The van der Waals surface area contributed by atoms with Gasteiger partial charge in [-0.1, -0.05) is 89.7 Å². The first kappa shape index (κ1) is 33.6. The number of rotatable bonds is 24. The number of carboxylic acids is 1. The van der Waals surface area contributed by atoms with Gasteiger partial charge in [0.05, 0.1) is 33.7 Å². The van der Waals surface area contributed by atoms with Gasteiger partial charge in [0.1, 0.15) is 6.54 Å². The fourth-order valence-corrected chi connectivity index (χ4v) is 4.26. The number of likely N-dealkylation sites (N-methyl/N-ethyl adjacent to an activating group) is 1. The number of allylic oxidation sites excluding steroid dienone is 1. The first-order valence-electron chi connectivity index (χ1n) is 14.2. The highest BCUT2D eigenvalue weighted by Crippen LogP contribution is 2.14. The molecule has 0 aliphatic heterocycles. The Morgan fingerprint density at radius 3 is 1.94 bits per heavy atom. The molecule has 0 aromatic carbocycles. The Morgan fingerprint density at radius 1 is 0.829 bits per heavy atom. The van der Waals surface area contributed by atoms with Crippen LogP contribution in [0.15, 0.2) is 12.2 Å². The third kappa shape index (κ3) is 25.5. The Hall–Kier alpha value is -1.40. The maximum atomic E-state index is 12.1. The van der Waals surface area contributed by atoms with Gasteiger partial charge in [0.25, 0.3) is 0 Å². The molecule has 0 bridgehead atoms. The van der Waals surface area contributed by atoms with E-state index in [1.165, 1.54) is 57.8 Å². The van der Waals surface area contributed by atoms with E-state index < -0.39 is 12.1 Å². The van der Waals surface area contributed by atoms with Gasteiger partial charge in [-0.15, -0.1) is 0 Å². The molecule has 0 aromatic rings.